The van der Waals surface area contributed by atoms with E-state index in [2.05, 4.69) is 20.3 Å². The van der Waals surface area contributed by atoms with E-state index in [4.69, 9.17) is 0 Å². The summed E-state index contributed by atoms with van der Waals surface area (Å²) in [5, 5.41) is 8.13. The van der Waals surface area contributed by atoms with E-state index >= 15 is 0 Å². The third-order valence-corrected chi connectivity index (χ3v) is 4.81. The zero-order valence-corrected chi connectivity index (χ0v) is 15.4. The van der Waals surface area contributed by atoms with Crippen molar-refractivity contribution in [3.05, 3.63) is 40.7 Å². The highest BCUT2D eigenvalue weighted by atomic mass is 16.1. The number of aryl methyl sites for hydroxylation is 1. The predicted octanol–water partition coefficient (Wildman–Crippen LogP) is 1.71. The van der Waals surface area contributed by atoms with Crippen LogP contribution < -0.4 is 15.8 Å². The van der Waals surface area contributed by atoms with Crippen LogP contribution in [0.3, 0.4) is 0 Å². The van der Waals surface area contributed by atoms with Gasteiger partial charge in [0, 0.05) is 44.6 Å². The summed E-state index contributed by atoms with van der Waals surface area (Å²) < 4.78 is 3.61. The summed E-state index contributed by atoms with van der Waals surface area (Å²) in [6, 6.07) is 3.95. The van der Waals surface area contributed by atoms with E-state index in [0.717, 1.165) is 37.7 Å². The molecule has 0 spiro atoms. The van der Waals surface area contributed by atoms with E-state index in [1.807, 2.05) is 43.9 Å². The molecular weight excluding hydrogens is 316 g/mol. The zero-order valence-electron chi connectivity index (χ0n) is 15.4. The van der Waals surface area contributed by atoms with Crippen molar-refractivity contribution in [2.75, 3.05) is 18.0 Å². The molecule has 0 amide bonds. The molecule has 136 valence electrons. The molecule has 7 nitrogen and oxygen atoms in total. The van der Waals surface area contributed by atoms with Gasteiger partial charge in [0.1, 0.15) is 11.6 Å². The molecular formula is C18H28N6O. The van der Waals surface area contributed by atoms with Crippen LogP contribution in [0, 0.1) is 0 Å². The Morgan fingerprint density at radius 2 is 2.16 bits per heavy atom. The Labute approximate surface area is 148 Å². The third kappa shape index (κ3) is 4.10. The van der Waals surface area contributed by atoms with Crippen LogP contribution in [0.2, 0.25) is 0 Å². The van der Waals surface area contributed by atoms with Crippen LogP contribution in [-0.2, 0) is 13.6 Å². The van der Waals surface area contributed by atoms with Crippen LogP contribution in [-0.4, -0.2) is 38.5 Å². The molecule has 3 rings (SSSR count). The molecule has 1 atom stereocenters. The lowest BCUT2D eigenvalue weighted by atomic mass is 10.0. The van der Waals surface area contributed by atoms with Crippen molar-refractivity contribution >= 4 is 5.82 Å². The largest absolute Gasteiger partial charge is 0.351 e. The topological polar surface area (TPSA) is 68.0 Å². The summed E-state index contributed by atoms with van der Waals surface area (Å²) in [6.45, 7) is 6.60. The van der Waals surface area contributed by atoms with Crippen LogP contribution in [0.25, 0.3) is 0 Å². The number of nitrogens with one attached hydrogen (secondary N) is 1. The number of hydrogen-bond donors (Lipinski definition) is 1. The zero-order chi connectivity index (χ0) is 17.8. The molecule has 0 bridgehead atoms. The molecule has 25 heavy (non-hydrogen) atoms. The maximum Gasteiger partial charge on any atom is 0.267 e. The van der Waals surface area contributed by atoms with Crippen LogP contribution in [0.1, 0.15) is 45.0 Å². The molecule has 0 aliphatic carbocycles. The first kappa shape index (κ1) is 17.7. The third-order valence-electron chi connectivity index (χ3n) is 4.81. The van der Waals surface area contributed by atoms with Gasteiger partial charge in [0.05, 0.1) is 12.6 Å². The first-order valence-corrected chi connectivity index (χ1v) is 9.09. The average molecular weight is 344 g/mol. The maximum absolute atomic E-state index is 12.0. The Hall–Kier alpha value is -2.15. The van der Waals surface area contributed by atoms with Gasteiger partial charge in [-0.05, 0) is 39.2 Å². The van der Waals surface area contributed by atoms with Gasteiger partial charge in [0.25, 0.3) is 5.56 Å². The molecule has 1 aliphatic heterocycles. The Bertz CT molecular complexity index is 750. The smallest absolute Gasteiger partial charge is 0.267 e. The lowest BCUT2D eigenvalue weighted by molar-refractivity contribution is 0.420. The number of anilines is 1. The Kier molecular flexibility index (Phi) is 5.53. The summed E-state index contributed by atoms with van der Waals surface area (Å²) in [6.07, 6.45) is 7.31. The predicted molar refractivity (Wildman–Crippen MR) is 98.8 cm³/mol. The lowest BCUT2D eigenvalue weighted by Crippen LogP contribution is -2.46. The van der Waals surface area contributed by atoms with Crippen LogP contribution in [0.15, 0.2) is 29.3 Å². The van der Waals surface area contributed by atoms with Crippen LogP contribution in [0.4, 0.5) is 5.82 Å². The van der Waals surface area contributed by atoms with Crippen LogP contribution >= 0.6 is 0 Å². The van der Waals surface area contributed by atoms with Crippen molar-refractivity contribution in [3.63, 3.8) is 0 Å². The quantitative estimate of drug-likeness (QED) is 0.864. The summed E-state index contributed by atoms with van der Waals surface area (Å²) in [7, 11) is 2.01. The number of piperidine rings is 1. The van der Waals surface area contributed by atoms with Gasteiger partial charge >= 0.3 is 0 Å². The first-order chi connectivity index (χ1) is 12.1. The Morgan fingerprint density at radius 3 is 2.88 bits per heavy atom. The molecule has 1 N–H and O–H groups in total. The van der Waals surface area contributed by atoms with Crippen molar-refractivity contribution in [3.8, 4) is 0 Å². The lowest BCUT2D eigenvalue weighted by Gasteiger charge is -2.37. The van der Waals surface area contributed by atoms with Crippen molar-refractivity contribution < 1.29 is 0 Å². The number of rotatable bonds is 6. The molecule has 1 fully saturated rings. The van der Waals surface area contributed by atoms with Gasteiger partial charge < -0.3 is 14.8 Å². The second-order valence-corrected chi connectivity index (χ2v) is 7.00. The highest BCUT2D eigenvalue weighted by molar-refractivity contribution is 5.39. The summed E-state index contributed by atoms with van der Waals surface area (Å²) in [5.74, 6) is 1.94. The van der Waals surface area contributed by atoms with E-state index < -0.39 is 0 Å². The van der Waals surface area contributed by atoms with Gasteiger partial charge in [-0.1, -0.05) is 0 Å². The molecule has 3 heterocycles. The Balaban J connectivity index is 1.69. The summed E-state index contributed by atoms with van der Waals surface area (Å²) in [5.41, 5.74) is -0.0415. The second kappa shape index (κ2) is 7.82. The van der Waals surface area contributed by atoms with E-state index in [0.29, 0.717) is 6.04 Å². The average Bonchev–Trinajstić information content (AvgIpc) is 3.01. The maximum atomic E-state index is 12.0. The molecule has 7 heteroatoms. The first-order valence-electron chi connectivity index (χ1n) is 9.09. The molecule has 1 saturated heterocycles. The van der Waals surface area contributed by atoms with Gasteiger partial charge in [-0.3, -0.25) is 4.79 Å². The highest BCUT2D eigenvalue weighted by Gasteiger charge is 2.24. The van der Waals surface area contributed by atoms with Gasteiger partial charge in [-0.2, -0.15) is 5.10 Å². The monoisotopic (exact) mass is 344 g/mol. The molecule has 1 aliphatic rings. The van der Waals surface area contributed by atoms with E-state index in [-0.39, 0.29) is 11.6 Å². The van der Waals surface area contributed by atoms with Crippen molar-refractivity contribution in [2.45, 2.75) is 51.7 Å². The number of nitrogens with zero attached hydrogens (tertiary/aromatic N) is 5. The Morgan fingerprint density at radius 1 is 1.32 bits per heavy atom. The summed E-state index contributed by atoms with van der Waals surface area (Å²) >= 11 is 0. The van der Waals surface area contributed by atoms with E-state index in [1.165, 1.54) is 12.8 Å². The fourth-order valence-corrected chi connectivity index (χ4v) is 3.37. The number of imidazole rings is 1. The van der Waals surface area contributed by atoms with Crippen molar-refractivity contribution in [1.29, 1.82) is 0 Å². The SMILES string of the molecule is CC(C)n1nc(N2CCCCC2CNCc2nccn2C)ccc1=O. The number of hydrogen-bond acceptors (Lipinski definition) is 5. The standard InChI is InChI=1S/C18H28N6O/c1-14(2)24-18(25)8-7-16(21-24)23-10-5-4-6-15(23)12-19-13-17-20-9-11-22(17)3/h7-9,11,14-15,19H,4-6,10,12-13H2,1-3H3. The molecule has 2 aromatic heterocycles. The molecule has 1 unspecified atom stereocenters. The van der Waals surface area contributed by atoms with Crippen molar-refractivity contribution in [2.24, 2.45) is 7.05 Å². The van der Waals surface area contributed by atoms with E-state index in [1.54, 1.807) is 10.7 Å². The second-order valence-electron chi connectivity index (χ2n) is 7.00. The minimum absolute atomic E-state index is 0.0415. The minimum Gasteiger partial charge on any atom is -0.351 e. The molecule has 0 saturated carbocycles. The summed E-state index contributed by atoms with van der Waals surface area (Å²) in [4.78, 5) is 18.7. The number of aromatic nitrogens is 4. The minimum atomic E-state index is -0.0415. The van der Waals surface area contributed by atoms with E-state index in [9.17, 15) is 4.79 Å². The van der Waals surface area contributed by atoms with Gasteiger partial charge in [-0.25, -0.2) is 9.67 Å². The fraction of sp³-hybridized carbons (Fsp3) is 0.611. The van der Waals surface area contributed by atoms with Crippen molar-refractivity contribution in [1.82, 2.24) is 24.6 Å². The normalized spacial score (nSPS) is 18.1. The molecule has 2 aromatic rings. The van der Waals surface area contributed by atoms with Crippen LogP contribution in [0.5, 0.6) is 0 Å². The van der Waals surface area contributed by atoms with Gasteiger partial charge in [0.2, 0.25) is 0 Å². The molecule has 0 radical (unpaired) electrons. The molecule has 0 aromatic carbocycles. The van der Waals surface area contributed by atoms with Gasteiger partial charge in [-0.15, -0.1) is 0 Å². The van der Waals surface area contributed by atoms with Gasteiger partial charge in [0.15, 0.2) is 0 Å². The highest BCUT2D eigenvalue weighted by Crippen LogP contribution is 2.22. The fourth-order valence-electron chi connectivity index (χ4n) is 3.37.